The number of hydrogen-bond donors (Lipinski definition) is 2. The van der Waals surface area contributed by atoms with Gasteiger partial charge in [-0.15, -0.1) is 11.8 Å². The number of fused-ring (bicyclic) bond motifs is 1. The van der Waals surface area contributed by atoms with E-state index in [1.54, 1.807) is 18.2 Å². The predicted molar refractivity (Wildman–Crippen MR) is 131 cm³/mol. The number of nitrogens with zero attached hydrogens (tertiary/aromatic N) is 1. The number of nitrogens with one attached hydrogen (secondary N) is 1. The topological polar surface area (TPSA) is 113 Å². The number of rotatable bonds is 6. The van der Waals surface area contributed by atoms with Crippen molar-refractivity contribution >= 4 is 56.6 Å². The third-order valence-corrected chi connectivity index (χ3v) is 8.24. The first kappa shape index (κ1) is 23.9. The van der Waals surface area contributed by atoms with Crippen LogP contribution in [0.1, 0.15) is 20.7 Å². The number of methoxy groups -OCH3 is 1. The lowest BCUT2D eigenvalue weighted by molar-refractivity contribution is 0.0696. The van der Waals surface area contributed by atoms with Crippen LogP contribution in [-0.2, 0) is 10.0 Å². The number of carboxylic acid groups (broad SMARTS) is 1. The molecule has 1 amide bonds. The molecule has 0 bridgehead atoms. The van der Waals surface area contributed by atoms with Crippen LogP contribution in [0, 0.1) is 0 Å². The number of carbonyl (C=O) groups is 2. The van der Waals surface area contributed by atoms with Crippen molar-refractivity contribution in [3.05, 3.63) is 76.8 Å². The number of carboxylic acids is 1. The lowest BCUT2D eigenvalue weighted by Gasteiger charge is -2.31. The maximum atomic E-state index is 13.6. The Balaban J connectivity index is 1.67. The van der Waals surface area contributed by atoms with Crippen LogP contribution in [0.5, 0.6) is 5.75 Å². The van der Waals surface area contributed by atoms with E-state index >= 15 is 0 Å². The Bertz CT molecular complexity index is 1380. The molecule has 176 valence electrons. The highest BCUT2D eigenvalue weighted by Crippen LogP contribution is 2.40. The molecule has 0 fully saturated rings. The van der Waals surface area contributed by atoms with Crippen molar-refractivity contribution in [3.63, 3.8) is 0 Å². The van der Waals surface area contributed by atoms with E-state index in [1.807, 2.05) is 0 Å². The zero-order valence-corrected chi connectivity index (χ0v) is 20.2. The zero-order valence-electron chi connectivity index (χ0n) is 17.8. The molecule has 0 spiro atoms. The summed E-state index contributed by atoms with van der Waals surface area (Å²) in [5.41, 5.74) is 1.14. The molecular formula is C23H19ClN2O6S2. The summed E-state index contributed by atoms with van der Waals surface area (Å²) >= 11 is 7.56. The van der Waals surface area contributed by atoms with Crippen molar-refractivity contribution in [1.82, 2.24) is 0 Å². The van der Waals surface area contributed by atoms with Crippen LogP contribution in [0.4, 0.5) is 11.4 Å². The minimum absolute atomic E-state index is 0.0614. The molecule has 4 rings (SSSR count). The molecule has 34 heavy (non-hydrogen) atoms. The molecule has 1 heterocycles. The van der Waals surface area contributed by atoms with Crippen LogP contribution in [-0.4, -0.2) is 44.8 Å². The lowest BCUT2D eigenvalue weighted by atomic mass is 10.1. The second kappa shape index (κ2) is 9.57. The number of amides is 1. The fourth-order valence-corrected chi connectivity index (χ4v) is 6.50. The molecule has 0 aromatic heterocycles. The SMILES string of the molecule is COc1ccc(Cl)cc1S(=O)(=O)N1CCSc2ccc(C(=O)Nc3ccc(C(=O)O)cc3)cc21. The van der Waals surface area contributed by atoms with Crippen LogP contribution < -0.4 is 14.4 Å². The predicted octanol–water partition coefficient (Wildman–Crippen LogP) is 4.60. The fraction of sp³-hybridized carbons (Fsp3) is 0.130. The van der Waals surface area contributed by atoms with Crippen molar-refractivity contribution in [2.75, 3.05) is 29.0 Å². The van der Waals surface area contributed by atoms with Crippen LogP contribution in [0.15, 0.2) is 70.5 Å². The number of ether oxygens (including phenoxy) is 1. The highest BCUT2D eigenvalue weighted by molar-refractivity contribution is 8.00. The van der Waals surface area contributed by atoms with E-state index in [0.29, 0.717) is 17.1 Å². The molecule has 3 aromatic carbocycles. The van der Waals surface area contributed by atoms with E-state index in [2.05, 4.69) is 5.32 Å². The number of halogens is 1. The largest absolute Gasteiger partial charge is 0.495 e. The second-order valence-corrected chi connectivity index (χ2v) is 10.6. The van der Waals surface area contributed by atoms with Crippen molar-refractivity contribution in [3.8, 4) is 5.75 Å². The standard InChI is InChI=1S/C23H19ClN2O6S2/c1-32-19-8-5-16(24)13-21(19)34(30,31)26-10-11-33-20-9-4-15(12-18(20)26)22(27)25-17-6-2-14(3-7-17)23(28)29/h2-9,12-13H,10-11H2,1H3,(H,25,27)(H,28,29). The molecule has 3 aromatic rings. The Labute approximate surface area is 205 Å². The zero-order chi connectivity index (χ0) is 24.5. The van der Waals surface area contributed by atoms with Gasteiger partial charge in [-0.3, -0.25) is 9.10 Å². The Morgan fingerprint density at radius 3 is 2.44 bits per heavy atom. The summed E-state index contributed by atoms with van der Waals surface area (Å²) in [7, 11) is -2.65. The second-order valence-electron chi connectivity index (χ2n) is 7.24. The lowest BCUT2D eigenvalue weighted by Crippen LogP contribution is -2.36. The summed E-state index contributed by atoms with van der Waals surface area (Å²) in [5.74, 6) is -0.818. The molecule has 1 aliphatic heterocycles. The number of carbonyl (C=O) groups excluding carboxylic acids is 1. The van der Waals surface area contributed by atoms with Gasteiger partial charge in [0.2, 0.25) is 0 Å². The van der Waals surface area contributed by atoms with E-state index in [9.17, 15) is 18.0 Å². The van der Waals surface area contributed by atoms with Gasteiger partial charge < -0.3 is 15.2 Å². The summed E-state index contributed by atoms with van der Waals surface area (Å²) in [5, 5.41) is 12.0. The van der Waals surface area contributed by atoms with Crippen LogP contribution >= 0.6 is 23.4 Å². The molecule has 1 aliphatic rings. The molecule has 2 N–H and O–H groups in total. The molecule has 0 aliphatic carbocycles. The normalized spacial score (nSPS) is 13.2. The Hall–Kier alpha value is -3.21. The summed E-state index contributed by atoms with van der Waals surface area (Å²) in [6.07, 6.45) is 0. The first-order valence-electron chi connectivity index (χ1n) is 9.98. The summed E-state index contributed by atoms with van der Waals surface area (Å²) in [6.45, 7) is 0.206. The van der Waals surface area contributed by atoms with Crippen molar-refractivity contribution in [1.29, 1.82) is 0 Å². The van der Waals surface area contributed by atoms with E-state index in [4.69, 9.17) is 21.4 Å². The minimum Gasteiger partial charge on any atom is -0.495 e. The molecule has 0 radical (unpaired) electrons. The Morgan fingerprint density at radius 1 is 1.06 bits per heavy atom. The molecule has 0 unspecified atom stereocenters. The van der Waals surface area contributed by atoms with Gasteiger partial charge in [0.25, 0.3) is 15.9 Å². The molecule has 0 atom stereocenters. The number of sulfonamides is 1. The van der Waals surface area contributed by atoms with Gasteiger partial charge in [-0.25, -0.2) is 13.2 Å². The van der Waals surface area contributed by atoms with Crippen LogP contribution in [0.3, 0.4) is 0 Å². The monoisotopic (exact) mass is 518 g/mol. The van der Waals surface area contributed by atoms with Gasteiger partial charge in [0.1, 0.15) is 10.6 Å². The molecule has 11 heteroatoms. The summed E-state index contributed by atoms with van der Waals surface area (Å²) < 4.78 is 33.6. The van der Waals surface area contributed by atoms with Crippen molar-refractivity contribution in [2.24, 2.45) is 0 Å². The van der Waals surface area contributed by atoms with Crippen molar-refractivity contribution in [2.45, 2.75) is 9.79 Å². The van der Waals surface area contributed by atoms with Gasteiger partial charge in [-0.05, 0) is 60.7 Å². The third kappa shape index (κ3) is 4.70. The van der Waals surface area contributed by atoms with Crippen LogP contribution in [0.25, 0.3) is 0 Å². The van der Waals surface area contributed by atoms with E-state index < -0.39 is 21.9 Å². The van der Waals surface area contributed by atoms with Gasteiger partial charge in [-0.1, -0.05) is 11.6 Å². The summed E-state index contributed by atoms with van der Waals surface area (Å²) in [6, 6.07) is 15.0. The average molecular weight is 519 g/mol. The van der Waals surface area contributed by atoms with Crippen LogP contribution in [0.2, 0.25) is 5.02 Å². The number of hydrogen-bond acceptors (Lipinski definition) is 6. The Kier molecular flexibility index (Phi) is 6.74. The Morgan fingerprint density at radius 2 is 1.76 bits per heavy atom. The van der Waals surface area contributed by atoms with Gasteiger partial charge >= 0.3 is 5.97 Å². The van der Waals surface area contributed by atoms with E-state index in [0.717, 1.165) is 4.90 Å². The van der Waals surface area contributed by atoms with Gasteiger partial charge in [0.15, 0.2) is 0 Å². The van der Waals surface area contributed by atoms with Gasteiger partial charge in [-0.2, -0.15) is 0 Å². The quantitative estimate of drug-likeness (QED) is 0.490. The van der Waals surface area contributed by atoms with Gasteiger partial charge in [0.05, 0.1) is 18.4 Å². The maximum Gasteiger partial charge on any atom is 0.335 e. The number of anilines is 2. The number of aromatic carboxylic acids is 1. The van der Waals surface area contributed by atoms with Gasteiger partial charge in [0, 0.05) is 33.5 Å². The highest BCUT2D eigenvalue weighted by Gasteiger charge is 2.32. The summed E-state index contributed by atoms with van der Waals surface area (Å²) in [4.78, 5) is 24.5. The highest BCUT2D eigenvalue weighted by atomic mass is 35.5. The minimum atomic E-state index is -4.03. The third-order valence-electron chi connectivity index (χ3n) is 5.13. The van der Waals surface area contributed by atoms with E-state index in [1.165, 1.54) is 65.6 Å². The van der Waals surface area contributed by atoms with Crippen molar-refractivity contribution < 1.29 is 27.9 Å². The molecule has 0 saturated carbocycles. The smallest absolute Gasteiger partial charge is 0.335 e. The van der Waals surface area contributed by atoms with E-state index in [-0.39, 0.29) is 33.3 Å². The molecular weight excluding hydrogens is 500 g/mol. The number of benzene rings is 3. The average Bonchev–Trinajstić information content (AvgIpc) is 2.83. The maximum absolute atomic E-state index is 13.6. The first-order chi connectivity index (χ1) is 16.2. The fourth-order valence-electron chi connectivity index (χ4n) is 3.45. The molecule has 8 nitrogen and oxygen atoms in total. The molecule has 0 saturated heterocycles. The number of thioether (sulfide) groups is 1. The first-order valence-corrected chi connectivity index (χ1v) is 12.8.